The first-order valence-corrected chi connectivity index (χ1v) is 11.3. The largest absolute Gasteiger partial charge is 0.488 e. The minimum absolute atomic E-state index is 0.138. The molecule has 35 heavy (non-hydrogen) atoms. The van der Waals surface area contributed by atoms with Crippen LogP contribution in [0.3, 0.4) is 0 Å². The van der Waals surface area contributed by atoms with E-state index in [1.807, 2.05) is 0 Å². The lowest BCUT2D eigenvalue weighted by atomic mass is 10.1. The monoisotopic (exact) mass is 554 g/mol. The molecule has 3 aromatic rings. The van der Waals surface area contributed by atoms with Gasteiger partial charge in [0.2, 0.25) is 0 Å². The quantitative estimate of drug-likeness (QED) is 0.325. The molecule has 1 aliphatic rings. The molecule has 0 spiro atoms. The van der Waals surface area contributed by atoms with Crippen LogP contribution in [0.5, 0.6) is 5.75 Å². The summed E-state index contributed by atoms with van der Waals surface area (Å²) in [5.74, 6) is -2.12. The highest BCUT2D eigenvalue weighted by Crippen LogP contribution is 2.29. The van der Waals surface area contributed by atoms with E-state index >= 15 is 0 Å². The molecule has 0 bridgehead atoms. The number of ether oxygens (including phenoxy) is 1. The van der Waals surface area contributed by atoms with E-state index in [4.69, 9.17) is 21.4 Å². The number of barbiturate groups is 1. The van der Waals surface area contributed by atoms with Gasteiger partial charge in [0.1, 0.15) is 17.9 Å². The van der Waals surface area contributed by atoms with Gasteiger partial charge in [-0.2, -0.15) is 0 Å². The molecule has 10 heteroatoms. The van der Waals surface area contributed by atoms with Crippen molar-refractivity contribution >= 4 is 63.1 Å². The van der Waals surface area contributed by atoms with Crippen molar-refractivity contribution in [2.45, 2.75) is 6.61 Å². The number of urea groups is 1. The average Bonchev–Trinajstić information content (AvgIpc) is 2.82. The van der Waals surface area contributed by atoms with E-state index in [1.165, 1.54) is 42.5 Å². The third kappa shape index (κ3) is 5.42. The Kier molecular flexibility index (Phi) is 6.99. The summed E-state index contributed by atoms with van der Waals surface area (Å²) in [6.45, 7) is 0.138. The Balaban J connectivity index is 1.54. The summed E-state index contributed by atoms with van der Waals surface area (Å²) in [6.07, 6.45) is 1.37. The van der Waals surface area contributed by atoms with Crippen LogP contribution in [0.15, 0.2) is 76.8 Å². The molecule has 0 aromatic heterocycles. The second-order valence-corrected chi connectivity index (χ2v) is 8.71. The molecule has 1 saturated heterocycles. The highest BCUT2D eigenvalue weighted by atomic mass is 79.9. The number of aromatic carboxylic acids is 1. The number of carboxylic acid groups (broad SMARTS) is 1. The second-order valence-electron chi connectivity index (χ2n) is 7.42. The molecule has 8 nitrogen and oxygen atoms in total. The topological polar surface area (TPSA) is 113 Å². The number of anilines is 1. The van der Waals surface area contributed by atoms with E-state index in [0.717, 1.165) is 4.90 Å². The summed E-state index contributed by atoms with van der Waals surface area (Å²) < 4.78 is 6.32. The molecular weight excluding hydrogens is 540 g/mol. The van der Waals surface area contributed by atoms with Gasteiger partial charge in [0, 0.05) is 5.02 Å². The second kappa shape index (κ2) is 10.1. The number of carboxylic acids is 1. The molecule has 0 atom stereocenters. The van der Waals surface area contributed by atoms with E-state index in [0.29, 0.717) is 26.4 Å². The minimum Gasteiger partial charge on any atom is -0.488 e. The van der Waals surface area contributed by atoms with Crippen molar-refractivity contribution in [1.82, 2.24) is 5.32 Å². The van der Waals surface area contributed by atoms with Crippen molar-refractivity contribution in [2.24, 2.45) is 0 Å². The molecule has 1 aliphatic heterocycles. The highest BCUT2D eigenvalue weighted by molar-refractivity contribution is 9.10. The molecule has 0 aliphatic carbocycles. The van der Waals surface area contributed by atoms with Crippen molar-refractivity contribution in [3.63, 3.8) is 0 Å². The van der Waals surface area contributed by atoms with Crippen molar-refractivity contribution in [3.05, 3.63) is 98.5 Å². The van der Waals surface area contributed by atoms with Crippen LogP contribution in [-0.2, 0) is 16.2 Å². The number of imide groups is 2. The molecule has 1 fully saturated rings. The first-order valence-electron chi connectivity index (χ1n) is 10.1. The lowest BCUT2D eigenvalue weighted by Gasteiger charge is -2.26. The van der Waals surface area contributed by atoms with E-state index in [2.05, 4.69) is 21.2 Å². The summed E-state index contributed by atoms with van der Waals surface area (Å²) in [6, 6.07) is 16.6. The van der Waals surface area contributed by atoms with Gasteiger partial charge in [-0.15, -0.1) is 0 Å². The summed E-state index contributed by atoms with van der Waals surface area (Å²) in [4.78, 5) is 49.7. The van der Waals surface area contributed by atoms with Gasteiger partial charge in [-0.05, 0) is 81.7 Å². The van der Waals surface area contributed by atoms with Crippen LogP contribution in [0, 0.1) is 0 Å². The Morgan fingerprint density at radius 2 is 1.80 bits per heavy atom. The number of benzene rings is 3. The smallest absolute Gasteiger partial charge is 0.335 e. The van der Waals surface area contributed by atoms with Crippen molar-refractivity contribution in [2.75, 3.05) is 4.90 Å². The van der Waals surface area contributed by atoms with Crippen LogP contribution in [0.2, 0.25) is 5.02 Å². The zero-order valence-electron chi connectivity index (χ0n) is 17.8. The van der Waals surface area contributed by atoms with Crippen LogP contribution in [0.1, 0.15) is 21.5 Å². The highest BCUT2D eigenvalue weighted by Gasteiger charge is 2.36. The Morgan fingerprint density at radius 1 is 1.06 bits per heavy atom. The summed E-state index contributed by atoms with van der Waals surface area (Å²) >= 11 is 9.29. The van der Waals surface area contributed by atoms with Gasteiger partial charge in [-0.25, -0.2) is 14.5 Å². The molecule has 1 heterocycles. The third-order valence-corrected chi connectivity index (χ3v) is 5.89. The van der Waals surface area contributed by atoms with Crippen molar-refractivity contribution in [3.8, 4) is 5.75 Å². The molecule has 3 aromatic carbocycles. The number of hydrogen-bond donors (Lipinski definition) is 2. The van der Waals surface area contributed by atoms with Crippen molar-refractivity contribution in [1.29, 1.82) is 0 Å². The van der Waals surface area contributed by atoms with Crippen molar-refractivity contribution < 1.29 is 29.0 Å². The maximum absolute atomic E-state index is 13.0. The van der Waals surface area contributed by atoms with Gasteiger partial charge >= 0.3 is 12.0 Å². The van der Waals surface area contributed by atoms with Gasteiger partial charge in [0.05, 0.1) is 15.7 Å². The molecule has 0 unspecified atom stereocenters. The van der Waals surface area contributed by atoms with Crippen LogP contribution < -0.4 is 15.0 Å². The Labute approximate surface area is 212 Å². The van der Waals surface area contributed by atoms with Gasteiger partial charge in [0.25, 0.3) is 11.8 Å². The van der Waals surface area contributed by atoms with E-state index in [1.54, 1.807) is 30.3 Å². The fraction of sp³-hybridized carbons (Fsp3) is 0.0400. The fourth-order valence-corrected chi connectivity index (χ4v) is 3.96. The maximum atomic E-state index is 13.0. The predicted octanol–water partition coefficient (Wildman–Crippen LogP) is 5.05. The summed E-state index contributed by atoms with van der Waals surface area (Å²) in [7, 11) is 0. The van der Waals surface area contributed by atoms with Crippen LogP contribution in [0.4, 0.5) is 10.5 Å². The molecular formula is C25H16BrClN2O6. The Hall–Kier alpha value is -3.95. The minimum atomic E-state index is -1.02. The zero-order valence-corrected chi connectivity index (χ0v) is 20.2. The Bertz CT molecular complexity index is 1390. The number of halogens is 2. The molecule has 176 valence electrons. The van der Waals surface area contributed by atoms with E-state index < -0.39 is 23.8 Å². The predicted molar refractivity (Wildman–Crippen MR) is 132 cm³/mol. The Morgan fingerprint density at radius 3 is 2.49 bits per heavy atom. The maximum Gasteiger partial charge on any atom is 0.335 e. The first-order chi connectivity index (χ1) is 16.7. The zero-order chi connectivity index (χ0) is 25.1. The number of rotatable bonds is 6. The molecule has 4 amide bonds. The summed E-state index contributed by atoms with van der Waals surface area (Å²) in [5, 5.41) is 11.7. The third-order valence-electron chi connectivity index (χ3n) is 5.02. The average molecular weight is 556 g/mol. The molecule has 2 N–H and O–H groups in total. The van der Waals surface area contributed by atoms with Gasteiger partial charge in [0.15, 0.2) is 0 Å². The van der Waals surface area contributed by atoms with Gasteiger partial charge < -0.3 is 9.84 Å². The lowest BCUT2D eigenvalue weighted by Crippen LogP contribution is -2.54. The van der Waals surface area contributed by atoms with Gasteiger partial charge in [-0.3, -0.25) is 14.9 Å². The van der Waals surface area contributed by atoms with Crippen LogP contribution in [0.25, 0.3) is 6.08 Å². The number of nitrogens with zero attached hydrogens (tertiary/aromatic N) is 1. The molecule has 4 rings (SSSR count). The van der Waals surface area contributed by atoms with E-state index in [-0.39, 0.29) is 23.4 Å². The first kappa shape index (κ1) is 24.2. The van der Waals surface area contributed by atoms with Crippen LogP contribution in [-0.4, -0.2) is 28.9 Å². The number of hydrogen-bond acceptors (Lipinski definition) is 5. The number of carbonyl (C=O) groups excluding carboxylic acids is 3. The van der Waals surface area contributed by atoms with Crippen LogP contribution >= 0.6 is 27.5 Å². The number of nitrogens with one attached hydrogen (secondary N) is 1. The standard InChI is InChI=1S/C25H16BrClN2O6/c26-20-12-14(4-9-21(20)35-13-15-2-1-3-16(10-15)24(32)33)11-19-22(30)28-25(34)29(23(19)31)18-7-5-17(27)6-8-18/h1-12H,13H2,(H,32,33)(H,28,30,34)/b19-11+. The molecule has 0 radical (unpaired) electrons. The number of carbonyl (C=O) groups is 4. The summed E-state index contributed by atoms with van der Waals surface area (Å²) in [5.41, 5.74) is 1.41. The SMILES string of the molecule is O=C1NC(=O)N(c2ccc(Cl)cc2)C(=O)/C1=C/c1ccc(OCc2cccc(C(=O)O)c2)c(Br)c1. The fourth-order valence-electron chi connectivity index (χ4n) is 3.33. The number of amides is 4. The van der Waals surface area contributed by atoms with E-state index in [9.17, 15) is 19.2 Å². The lowest BCUT2D eigenvalue weighted by molar-refractivity contribution is -0.122. The normalized spacial score (nSPS) is 14.7. The molecule has 0 saturated carbocycles. The van der Waals surface area contributed by atoms with Gasteiger partial charge in [-0.1, -0.05) is 29.8 Å².